The minimum Gasteiger partial charge on any atom is -0.399 e. The number of benzene rings is 2. The maximum atomic E-state index is 10.6. The molecule has 1 aliphatic carbocycles. The zero-order valence-electron chi connectivity index (χ0n) is 9.18. The van der Waals surface area contributed by atoms with Crippen molar-refractivity contribution in [3.8, 4) is 0 Å². The maximum Gasteiger partial charge on any atom is 0.150 e. The Balaban J connectivity index is 1.99. The molecule has 3 rings (SSSR count). The maximum absolute atomic E-state index is 10.6. The third kappa shape index (κ3) is 1.54. The van der Waals surface area contributed by atoms with Crippen LogP contribution in [-0.4, -0.2) is 6.29 Å². The first-order valence-corrected chi connectivity index (χ1v) is 5.45. The SMILES string of the molecule is Nc1ccc(C2=Cc3cc(C=O)ccc32)cc1. The predicted molar refractivity (Wildman–Crippen MR) is 69.7 cm³/mol. The molecule has 0 atom stereocenters. The number of nitrogens with two attached hydrogens (primary N) is 1. The number of anilines is 1. The van der Waals surface area contributed by atoms with Crippen molar-refractivity contribution in [2.75, 3.05) is 5.73 Å². The molecule has 0 spiro atoms. The Bertz CT molecular complexity index is 624. The summed E-state index contributed by atoms with van der Waals surface area (Å²) in [5.41, 5.74) is 11.8. The second-order valence-electron chi connectivity index (χ2n) is 4.14. The topological polar surface area (TPSA) is 43.1 Å². The smallest absolute Gasteiger partial charge is 0.150 e. The van der Waals surface area contributed by atoms with E-state index in [1.807, 2.05) is 42.5 Å². The molecule has 0 unspecified atom stereocenters. The van der Waals surface area contributed by atoms with Gasteiger partial charge in [0.1, 0.15) is 6.29 Å². The molecule has 1 aliphatic rings. The molecule has 0 radical (unpaired) electrons. The van der Waals surface area contributed by atoms with E-state index < -0.39 is 0 Å². The standard InChI is InChI=1S/C15H11NO/c16-13-4-2-11(3-5-13)15-8-12-7-10(9-17)1-6-14(12)15/h1-9H,16H2. The second kappa shape index (κ2) is 3.59. The predicted octanol–water partition coefficient (Wildman–Crippen LogP) is 2.98. The van der Waals surface area contributed by atoms with Crippen molar-refractivity contribution in [2.45, 2.75) is 0 Å². The molecule has 2 aromatic rings. The van der Waals surface area contributed by atoms with Crippen molar-refractivity contribution in [3.63, 3.8) is 0 Å². The molecule has 0 bridgehead atoms. The minimum atomic E-state index is 0.719. The van der Waals surface area contributed by atoms with Crippen molar-refractivity contribution < 1.29 is 4.79 Å². The molecule has 0 aliphatic heterocycles. The number of carbonyl (C=O) groups is 1. The molecule has 2 heteroatoms. The highest BCUT2D eigenvalue weighted by Gasteiger charge is 2.17. The Morgan fingerprint density at radius 2 is 1.76 bits per heavy atom. The quantitative estimate of drug-likeness (QED) is 0.534. The lowest BCUT2D eigenvalue weighted by atomic mass is 9.83. The molecular formula is C15H11NO. The summed E-state index contributed by atoms with van der Waals surface area (Å²) in [4.78, 5) is 10.6. The van der Waals surface area contributed by atoms with Crippen LogP contribution in [0, 0.1) is 0 Å². The van der Waals surface area contributed by atoms with Gasteiger partial charge in [-0.3, -0.25) is 4.79 Å². The molecule has 2 nitrogen and oxygen atoms in total. The van der Waals surface area contributed by atoms with Crippen molar-refractivity contribution >= 4 is 23.6 Å². The molecule has 82 valence electrons. The number of carbonyl (C=O) groups excluding carboxylic acids is 1. The fraction of sp³-hybridized carbons (Fsp3) is 0. The molecule has 0 fully saturated rings. The number of hydrogen-bond acceptors (Lipinski definition) is 2. The Morgan fingerprint density at radius 3 is 2.41 bits per heavy atom. The molecule has 0 aromatic heterocycles. The highest BCUT2D eigenvalue weighted by molar-refractivity contribution is 6.03. The fourth-order valence-corrected chi connectivity index (χ4v) is 2.08. The van der Waals surface area contributed by atoms with Crippen molar-refractivity contribution in [3.05, 3.63) is 64.7 Å². The highest BCUT2D eigenvalue weighted by atomic mass is 16.1. The van der Waals surface area contributed by atoms with Crippen LogP contribution in [0.4, 0.5) is 5.69 Å². The van der Waals surface area contributed by atoms with Crippen LogP contribution in [-0.2, 0) is 0 Å². The first-order valence-electron chi connectivity index (χ1n) is 5.45. The lowest BCUT2D eigenvalue weighted by Gasteiger charge is -2.20. The monoisotopic (exact) mass is 221 g/mol. The van der Waals surface area contributed by atoms with E-state index in [0.717, 1.165) is 28.7 Å². The molecule has 17 heavy (non-hydrogen) atoms. The van der Waals surface area contributed by atoms with Gasteiger partial charge in [0.2, 0.25) is 0 Å². The first-order chi connectivity index (χ1) is 8.28. The van der Waals surface area contributed by atoms with Crippen molar-refractivity contribution in [1.82, 2.24) is 0 Å². The van der Waals surface area contributed by atoms with Gasteiger partial charge in [-0.05, 0) is 46.5 Å². The summed E-state index contributed by atoms with van der Waals surface area (Å²) in [6.07, 6.45) is 2.96. The summed E-state index contributed by atoms with van der Waals surface area (Å²) in [5, 5.41) is 0. The Morgan fingerprint density at radius 1 is 1.00 bits per heavy atom. The van der Waals surface area contributed by atoms with Gasteiger partial charge in [0, 0.05) is 11.3 Å². The highest BCUT2D eigenvalue weighted by Crippen LogP contribution is 2.37. The van der Waals surface area contributed by atoms with E-state index in [1.54, 1.807) is 0 Å². The summed E-state index contributed by atoms with van der Waals surface area (Å²) >= 11 is 0. The van der Waals surface area contributed by atoms with Gasteiger partial charge in [-0.15, -0.1) is 0 Å². The van der Waals surface area contributed by atoms with Gasteiger partial charge in [-0.25, -0.2) is 0 Å². The summed E-state index contributed by atoms with van der Waals surface area (Å²) in [6.45, 7) is 0. The number of fused-ring (bicyclic) bond motifs is 1. The van der Waals surface area contributed by atoms with E-state index in [1.165, 1.54) is 11.1 Å². The van der Waals surface area contributed by atoms with Gasteiger partial charge in [0.05, 0.1) is 0 Å². The third-order valence-electron chi connectivity index (χ3n) is 3.02. The van der Waals surface area contributed by atoms with Gasteiger partial charge in [0.25, 0.3) is 0 Å². The first kappa shape index (κ1) is 9.85. The van der Waals surface area contributed by atoms with Crippen LogP contribution in [0.5, 0.6) is 0 Å². The summed E-state index contributed by atoms with van der Waals surface area (Å²) < 4.78 is 0. The Kier molecular flexibility index (Phi) is 2.08. The van der Waals surface area contributed by atoms with E-state index >= 15 is 0 Å². The summed E-state index contributed by atoms with van der Waals surface area (Å²) in [5.74, 6) is 0. The van der Waals surface area contributed by atoms with Gasteiger partial charge in [0.15, 0.2) is 0 Å². The zero-order chi connectivity index (χ0) is 11.8. The summed E-state index contributed by atoms with van der Waals surface area (Å²) in [6, 6.07) is 13.6. The molecule has 2 aromatic carbocycles. The Hall–Kier alpha value is -2.35. The minimum absolute atomic E-state index is 0.719. The molecule has 0 saturated heterocycles. The molecular weight excluding hydrogens is 210 g/mol. The third-order valence-corrected chi connectivity index (χ3v) is 3.02. The lowest BCUT2D eigenvalue weighted by molar-refractivity contribution is 0.112. The van der Waals surface area contributed by atoms with Crippen LogP contribution in [0.2, 0.25) is 0 Å². The van der Waals surface area contributed by atoms with Crippen LogP contribution in [0.3, 0.4) is 0 Å². The van der Waals surface area contributed by atoms with Crippen LogP contribution in [0.25, 0.3) is 11.6 Å². The van der Waals surface area contributed by atoms with E-state index in [0.29, 0.717) is 0 Å². The molecule has 0 amide bonds. The molecule has 0 heterocycles. The van der Waals surface area contributed by atoms with Crippen LogP contribution in [0.15, 0.2) is 42.5 Å². The lowest BCUT2D eigenvalue weighted by Crippen LogP contribution is -2.01. The van der Waals surface area contributed by atoms with Crippen molar-refractivity contribution in [2.24, 2.45) is 0 Å². The van der Waals surface area contributed by atoms with Gasteiger partial charge in [-0.2, -0.15) is 0 Å². The second-order valence-corrected chi connectivity index (χ2v) is 4.14. The number of rotatable bonds is 2. The van der Waals surface area contributed by atoms with Gasteiger partial charge >= 0.3 is 0 Å². The van der Waals surface area contributed by atoms with Crippen LogP contribution < -0.4 is 5.73 Å². The molecule has 0 saturated carbocycles. The average molecular weight is 221 g/mol. The van der Waals surface area contributed by atoms with Gasteiger partial charge < -0.3 is 5.73 Å². The van der Waals surface area contributed by atoms with E-state index in [9.17, 15) is 4.79 Å². The normalized spacial score (nSPS) is 12.4. The summed E-state index contributed by atoms with van der Waals surface area (Å²) in [7, 11) is 0. The van der Waals surface area contributed by atoms with E-state index in [-0.39, 0.29) is 0 Å². The number of aldehydes is 1. The van der Waals surface area contributed by atoms with Crippen LogP contribution in [0.1, 0.15) is 27.0 Å². The van der Waals surface area contributed by atoms with Crippen LogP contribution >= 0.6 is 0 Å². The van der Waals surface area contributed by atoms with E-state index in [4.69, 9.17) is 5.73 Å². The average Bonchev–Trinajstić information content (AvgIpc) is 2.33. The van der Waals surface area contributed by atoms with Crippen molar-refractivity contribution in [1.29, 1.82) is 0 Å². The fourth-order valence-electron chi connectivity index (χ4n) is 2.08. The Labute approximate surface area is 99.4 Å². The molecule has 2 N–H and O–H groups in total. The largest absolute Gasteiger partial charge is 0.399 e. The number of nitrogen functional groups attached to an aromatic ring is 1. The van der Waals surface area contributed by atoms with E-state index in [2.05, 4.69) is 6.08 Å². The van der Waals surface area contributed by atoms with Gasteiger partial charge in [-0.1, -0.05) is 24.3 Å². The number of hydrogen-bond donors (Lipinski definition) is 1. The zero-order valence-corrected chi connectivity index (χ0v) is 9.18.